The molecule has 0 aliphatic heterocycles. The standard InChI is InChI=1S/C7H12BrN3OS/c1-11(2)4-3-5-12-7-10-9-6(8)13-7/h3-5H2,1-2H3. The van der Waals surface area contributed by atoms with Crippen LogP contribution in [-0.2, 0) is 0 Å². The highest BCUT2D eigenvalue weighted by molar-refractivity contribution is 9.11. The minimum absolute atomic E-state index is 0.630. The fourth-order valence-electron chi connectivity index (χ4n) is 0.792. The number of ether oxygens (including phenoxy) is 1. The highest BCUT2D eigenvalue weighted by Gasteiger charge is 2.01. The average Bonchev–Trinajstić information content (AvgIpc) is 2.45. The minimum atomic E-state index is 0.630. The van der Waals surface area contributed by atoms with E-state index in [1.807, 2.05) is 14.1 Å². The Morgan fingerprint density at radius 1 is 1.46 bits per heavy atom. The molecule has 0 amide bonds. The number of hydrogen-bond donors (Lipinski definition) is 0. The Morgan fingerprint density at radius 3 is 2.77 bits per heavy atom. The van der Waals surface area contributed by atoms with E-state index in [0.717, 1.165) is 16.9 Å². The molecule has 13 heavy (non-hydrogen) atoms. The van der Waals surface area contributed by atoms with E-state index in [-0.39, 0.29) is 0 Å². The molecule has 4 nitrogen and oxygen atoms in total. The van der Waals surface area contributed by atoms with Crippen molar-refractivity contribution in [1.82, 2.24) is 15.1 Å². The first-order valence-electron chi connectivity index (χ1n) is 3.95. The van der Waals surface area contributed by atoms with Gasteiger partial charge in [0, 0.05) is 6.54 Å². The third-order valence-corrected chi connectivity index (χ3v) is 2.63. The van der Waals surface area contributed by atoms with Gasteiger partial charge in [0.1, 0.15) is 0 Å². The maximum absolute atomic E-state index is 5.37. The average molecular weight is 266 g/mol. The molecule has 0 unspecified atom stereocenters. The molecule has 0 saturated carbocycles. The molecule has 1 rings (SSSR count). The summed E-state index contributed by atoms with van der Waals surface area (Å²) in [6, 6.07) is 0. The molecule has 0 aliphatic rings. The van der Waals surface area contributed by atoms with Gasteiger partial charge in [0.05, 0.1) is 6.61 Å². The summed E-state index contributed by atoms with van der Waals surface area (Å²) in [6.45, 7) is 1.72. The lowest BCUT2D eigenvalue weighted by Gasteiger charge is -2.08. The van der Waals surface area contributed by atoms with Crippen molar-refractivity contribution in [3.63, 3.8) is 0 Å². The lowest BCUT2D eigenvalue weighted by molar-refractivity contribution is 0.279. The highest BCUT2D eigenvalue weighted by atomic mass is 79.9. The monoisotopic (exact) mass is 265 g/mol. The van der Waals surface area contributed by atoms with Crippen LogP contribution in [0.3, 0.4) is 0 Å². The molecule has 0 radical (unpaired) electrons. The van der Waals surface area contributed by atoms with Crippen molar-refractivity contribution < 1.29 is 4.74 Å². The second-order valence-electron chi connectivity index (χ2n) is 2.83. The Labute approximate surface area is 90.0 Å². The van der Waals surface area contributed by atoms with Gasteiger partial charge in [0.15, 0.2) is 3.92 Å². The summed E-state index contributed by atoms with van der Waals surface area (Å²) in [6.07, 6.45) is 1.00. The van der Waals surface area contributed by atoms with E-state index in [2.05, 4.69) is 31.0 Å². The summed E-state index contributed by atoms with van der Waals surface area (Å²) in [7, 11) is 4.09. The fraction of sp³-hybridized carbons (Fsp3) is 0.714. The molecule has 0 N–H and O–H groups in total. The smallest absolute Gasteiger partial charge is 0.294 e. The summed E-state index contributed by atoms with van der Waals surface area (Å²) >= 11 is 4.63. The predicted molar refractivity (Wildman–Crippen MR) is 56.3 cm³/mol. The van der Waals surface area contributed by atoms with Crippen LogP contribution >= 0.6 is 27.3 Å². The van der Waals surface area contributed by atoms with Crippen LogP contribution in [0.25, 0.3) is 0 Å². The van der Waals surface area contributed by atoms with Crippen molar-refractivity contribution in [3.05, 3.63) is 3.92 Å². The number of nitrogens with zero attached hydrogens (tertiary/aromatic N) is 3. The maximum Gasteiger partial charge on any atom is 0.294 e. The third kappa shape index (κ3) is 4.54. The van der Waals surface area contributed by atoms with Crippen molar-refractivity contribution in [2.24, 2.45) is 0 Å². The van der Waals surface area contributed by atoms with Crippen LogP contribution in [-0.4, -0.2) is 42.3 Å². The van der Waals surface area contributed by atoms with E-state index in [1.54, 1.807) is 0 Å². The normalized spacial score (nSPS) is 10.8. The first-order chi connectivity index (χ1) is 6.18. The quantitative estimate of drug-likeness (QED) is 0.759. The zero-order chi connectivity index (χ0) is 9.68. The van der Waals surface area contributed by atoms with Gasteiger partial charge in [-0.25, -0.2) is 0 Å². The molecule has 0 saturated heterocycles. The summed E-state index contributed by atoms with van der Waals surface area (Å²) in [5, 5.41) is 8.23. The molecular weight excluding hydrogens is 254 g/mol. The summed E-state index contributed by atoms with van der Waals surface area (Å²) in [5.74, 6) is 0. The van der Waals surface area contributed by atoms with Crippen LogP contribution in [0.15, 0.2) is 3.92 Å². The van der Waals surface area contributed by atoms with Crippen LogP contribution in [0.4, 0.5) is 0 Å². The summed E-state index contributed by atoms with van der Waals surface area (Å²) < 4.78 is 6.12. The molecule has 0 atom stereocenters. The molecule has 0 aliphatic carbocycles. The van der Waals surface area contributed by atoms with Gasteiger partial charge < -0.3 is 9.64 Å². The molecule has 0 fully saturated rings. The van der Waals surface area contributed by atoms with E-state index in [0.29, 0.717) is 11.8 Å². The SMILES string of the molecule is CN(C)CCCOc1nnc(Br)s1. The Hall–Kier alpha value is -0.200. The second-order valence-corrected chi connectivity index (χ2v) is 5.04. The van der Waals surface area contributed by atoms with Crippen LogP contribution < -0.4 is 4.74 Å². The number of hydrogen-bond acceptors (Lipinski definition) is 5. The van der Waals surface area contributed by atoms with Crippen molar-refractivity contribution in [2.45, 2.75) is 6.42 Å². The van der Waals surface area contributed by atoms with Crippen LogP contribution in [0.2, 0.25) is 0 Å². The second kappa shape index (κ2) is 5.51. The maximum atomic E-state index is 5.37. The van der Waals surface area contributed by atoms with E-state index >= 15 is 0 Å². The zero-order valence-electron chi connectivity index (χ0n) is 7.66. The van der Waals surface area contributed by atoms with Crippen molar-refractivity contribution in [3.8, 4) is 5.19 Å². The molecule has 0 spiro atoms. The van der Waals surface area contributed by atoms with E-state index in [4.69, 9.17) is 4.74 Å². The lowest BCUT2D eigenvalue weighted by Crippen LogP contribution is -2.15. The van der Waals surface area contributed by atoms with Crippen molar-refractivity contribution in [2.75, 3.05) is 27.2 Å². The number of halogens is 1. The molecule has 74 valence electrons. The van der Waals surface area contributed by atoms with Crippen LogP contribution in [0.1, 0.15) is 6.42 Å². The number of rotatable bonds is 5. The van der Waals surface area contributed by atoms with Gasteiger partial charge in [-0.05, 0) is 47.8 Å². The first-order valence-corrected chi connectivity index (χ1v) is 5.56. The zero-order valence-corrected chi connectivity index (χ0v) is 10.1. The van der Waals surface area contributed by atoms with Crippen LogP contribution in [0.5, 0.6) is 5.19 Å². The predicted octanol–water partition coefficient (Wildman–Crippen LogP) is 1.63. The van der Waals surface area contributed by atoms with Crippen molar-refractivity contribution >= 4 is 27.3 Å². The molecule has 6 heteroatoms. The summed E-state index contributed by atoms with van der Waals surface area (Å²) in [5.41, 5.74) is 0. The molecule has 0 bridgehead atoms. The largest absolute Gasteiger partial charge is 0.469 e. The van der Waals surface area contributed by atoms with E-state index in [9.17, 15) is 0 Å². The molecule has 1 aromatic rings. The summed E-state index contributed by atoms with van der Waals surface area (Å²) in [4.78, 5) is 2.12. The number of aromatic nitrogens is 2. The van der Waals surface area contributed by atoms with Crippen molar-refractivity contribution in [1.29, 1.82) is 0 Å². The van der Waals surface area contributed by atoms with Gasteiger partial charge in [0.25, 0.3) is 5.19 Å². The first kappa shape index (κ1) is 10.9. The Kier molecular flexibility index (Phi) is 4.61. The topological polar surface area (TPSA) is 38.2 Å². The van der Waals surface area contributed by atoms with Gasteiger partial charge in [-0.1, -0.05) is 5.10 Å². The van der Waals surface area contributed by atoms with Gasteiger partial charge in [-0.2, -0.15) is 0 Å². The van der Waals surface area contributed by atoms with Gasteiger partial charge in [0.2, 0.25) is 0 Å². The van der Waals surface area contributed by atoms with Crippen LogP contribution in [0, 0.1) is 0 Å². The Morgan fingerprint density at radius 2 is 2.23 bits per heavy atom. The molecule has 1 heterocycles. The fourth-order valence-corrected chi connectivity index (χ4v) is 1.74. The molecule has 1 aromatic heterocycles. The Balaban J connectivity index is 2.13. The minimum Gasteiger partial charge on any atom is -0.469 e. The lowest BCUT2D eigenvalue weighted by atomic mass is 10.4. The van der Waals surface area contributed by atoms with Gasteiger partial charge >= 0.3 is 0 Å². The van der Waals surface area contributed by atoms with E-state index < -0.39 is 0 Å². The van der Waals surface area contributed by atoms with E-state index in [1.165, 1.54) is 11.3 Å². The van der Waals surface area contributed by atoms with Gasteiger partial charge in [-0.3, -0.25) is 0 Å². The third-order valence-electron chi connectivity index (χ3n) is 1.36. The molecular formula is C7H12BrN3OS. The van der Waals surface area contributed by atoms with Gasteiger partial charge in [-0.15, -0.1) is 5.10 Å². The molecule has 0 aromatic carbocycles. The Bertz CT molecular complexity index is 254. The highest BCUT2D eigenvalue weighted by Crippen LogP contribution is 2.22.